The van der Waals surface area contributed by atoms with Gasteiger partial charge in [0.1, 0.15) is 6.61 Å². The van der Waals surface area contributed by atoms with Crippen LogP contribution in [-0.2, 0) is 17.9 Å². The highest BCUT2D eigenvalue weighted by Gasteiger charge is 2.27. The quantitative estimate of drug-likeness (QED) is 0.479. The second-order valence-corrected chi connectivity index (χ2v) is 7.70. The van der Waals surface area contributed by atoms with Crippen molar-refractivity contribution in [3.05, 3.63) is 35.4 Å². The van der Waals surface area contributed by atoms with Crippen molar-refractivity contribution in [2.75, 3.05) is 39.8 Å². The van der Waals surface area contributed by atoms with Crippen molar-refractivity contribution >= 4 is 5.96 Å². The average Bonchev–Trinajstić information content (AvgIpc) is 2.69. The molecule has 1 atom stereocenters. The molecule has 0 aliphatic carbocycles. The molecule has 0 spiro atoms. The van der Waals surface area contributed by atoms with Crippen LogP contribution in [0.4, 0.5) is 13.2 Å². The summed E-state index contributed by atoms with van der Waals surface area (Å²) >= 11 is 0. The Balaban J connectivity index is 1.67. The molecule has 164 valence electrons. The van der Waals surface area contributed by atoms with Crippen LogP contribution in [0.25, 0.3) is 0 Å². The van der Waals surface area contributed by atoms with E-state index in [-0.39, 0.29) is 6.61 Å². The predicted octanol–water partition coefficient (Wildman–Crippen LogP) is 3.55. The van der Waals surface area contributed by atoms with Gasteiger partial charge in [0.2, 0.25) is 0 Å². The molecule has 1 aromatic rings. The van der Waals surface area contributed by atoms with Crippen LogP contribution in [0.5, 0.6) is 0 Å². The standard InChI is InChI=1S/C21H33F3N4O/c1-17(14-28-10-4-3-5-11-28)12-26-20(25-2)27-13-18-6-8-19(9-7-18)15-29-16-21(22,23)24/h6-9,17H,3-5,10-16H2,1-2H3,(H2,25,26,27). The number of likely N-dealkylation sites (tertiary alicyclic amines) is 1. The van der Waals surface area contributed by atoms with E-state index < -0.39 is 12.8 Å². The number of nitrogens with one attached hydrogen (secondary N) is 2. The lowest BCUT2D eigenvalue weighted by Crippen LogP contribution is -2.42. The van der Waals surface area contributed by atoms with Crippen molar-refractivity contribution < 1.29 is 17.9 Å². The molecule has 0 bridgehead atoms. The van der Waals surface area contributed by atoms with Gasteiger partial charge >= 0.3 is 6.18 Å². The van der Waals surface area contributed by atoms with Crippen LogP contribution in [-0.4, -0.2) is 56.9 Å². The van der Waals surface area contributed by atoms with E-state index in [0.29, 0.717) is 18.0 Å². The molecule has 1 aliphatic heterocycles. The summed E-state index contributed by atoms with van der Waals surface area (Å²) in [7, 11) is 1.74. The van der Waals surface area contributed by atoms with Gasteiger partial charge in [0, 0.05) is 26.7 Å². The highest BCUT2D eigenvalue weighted by molar-refractivity contribution is 5.79. The zero-order valence-electron chi connectivity index (χ0n) is 17.4. The third-order valence-corrected chi connectivity index (χ3v) is 4.88. The Morgan fingerprint density at radius 2 is 1.76 bits per heavy atom. The molecular formula is C21H33F3N4O. The topological polar surface area (TPSA) is 48.9 Å². The van der Waals surface area contributed by atoms with Crippen molar-refractivity contribution in [1.82, 2.24) is 15.5 Å². The van der Waals surface area contributed by atoms with Gasteiger partial charge in [-0.25, -0.2) is 0 Å². The molecule has 0 saturated carbocycles. The number of benzene rings is 1. The molecule has 29 heavy (non-hydrogen) atoms. The summed E-state index contributed by atoms with van der Waals surface area (Å²) in [5.74, 6) is 1.27. The Hall–Kier alpha value is -1.80. The maximum Gasteiger partial charge on any atom is 0.411 e. The largest absolute Gasteiger partial charge is 0.411 e. The maximum atomic E-state index is 12.1. The summed E-state index contributed by atoms with van der Waals surface area (Å²) in [4.78, 5) is 6.79. The number of hydrogen-bond donors (Lipinski definition) is 2. The molecule has 2 rings (SSSR count). The molecular weight excluding hydrogens is 381 g/mol. The zero-order chi connectivity index (χ0) is 21.1. The third kappa shape index (κ3) is 9.99. The molecule has 1 aromatic carbocycles. The van der Waals surface area contributed by atoms with Crippen LogP contribution in [0.15, 0.2) is 29.3 Å². The first-order valence-electron chi connectivity index (χ1n) is 10.2. The number of halogens is 3. The fourth-order valence-electron chi connectivity index (χ4n) is 3.36. The van der Waals surface area contributed by atoms with Gasteiger partial charge in [0.25, 0.3) is 0 Å². The van der Waals surface area contributed by atoms with Crippen LogP contribution in [0.3, 0.4) is 0 Å². The number of piperidine rings is 1. The minimum absolute atomic E-state index is 0.0502. The van der Waals surface area contributed by atoms with Crippen LogP contribution in [0, 0.1) is 5.92 Å². The summed E-state index contributed by atoms with van der Waals surface area (Å²) in [6.07, 6.45) is -0.341. The Bertz CT molecular complexity index is 613. The summed E-state index contributed by atoms with van der Waals surface area (Å²) in [5.41, 5.74) is 1.74. The van der Waals surface area contributed by atoms with E-state index in [1.165, 1.54) is 32.4 Å². The second kappa shape index (κ2) is 12.0. The van der Waals surface area contributed by atoms with Crippen molar-refractivity contribution in [2.24, 2.45) is 10.9 Å². The number of ether oxygens (including phenoxy) is 1. The number of aliphatic imine (C=N–C) groups is 1. The van der Waals surface area contributed by atoms with Gasteiger partial charge in [0.05, 0.1) is 6.61 Å². The number of hydrogen-bond acceptors (Lipinski definition) is 3. The fourth-order valence-corrected chi connectivity index (χ4v) is 3.36. The van der Waals surface area contributed by atoms with E-state index >= 15 is 0 Å². The van der Waals surface area contributed by atoms with Gasteiger partial charge in [-0.2, -0.15) is 13.2 Å². The Kier molecular flexibility index (Phi) is 9.73. The van der Waals surface area contributed by atoms with Crippen molar-refractivity contribution in [2.45, 2.75) is 45.5 Å². The molecule has 1 saturated heterocycles. The van der Waals surface area contributed by atoms with E-state index in [2.05, 4.69) is 32.2 Å². The highest BCUT2D eigenvalue weighted by atomic mass is 19.4. The summed E-state index contributed by atoms with van der Waals surface area (Å²) in [6.45, 7) is 5.91. The molecule has 8 heteroatoms. The summed E-state index contributed by atoms with van der Waals surface area (Å²) in [6, 6.07) is 7.33. The van der Waals surface area contributed by atoms with Crippen LogP contribution in [0.1, 0.15) is 37.3 Å². The van der Waals surface area contributed by atoms with Gasteiger partial charge in [-0.3, -0.25) is 4.99 Å². The summed E-state index contributed by atoms with van der Waals surface area (Å²) < 4.78 is 41.0. The highest BCUT2D eigenvalue weighted by Crippen LogP contribution is 2.16. The van der Waals surface area contributed by atoms with Crippen molar-refractivity contribution in [1.29, 1.82) is 0 Å². The molecule has 2 N–H and O–H groups in total. The first-order valence-corrected chi connectivity index (χ1v) is 10.2. The summed E-state index contributed by atoms with van der Waals surface area (Å²) in [5, 5.41) is 6.64. The van der Waals surface area contributed by atoms with E-state index in [0.717, 1.165) is 24.6 Å². The third-order valence-electron chi connectivity index (χ3n) is 4.88. The minimum Gasteiger partial charge on any atom is -0.367 e. The normalized spacial score (nSPS) is 17.2. The molecule has 0 radical (unpaired) electrons. The SMILES string of the molecule is CN=C(NCc1ccc(COCC(F)(F)F)cc1)NCC(C)CN1CCCCC1. The second-order valence-electron chi connectivity index (χ2n) is 7.70. The lowest BCUT2D eigenvalue weighted by molar-refractivity contribution is -0.176. The zero-order valence-corrected chi connectivity index (χ0v) is 17.4. The van der Waals surface area contributed by atoms with Gasteiger partial charge in [-0.05, 0) is 43.0 Å². The van der Waals surface area contributed by atoms with Crippen LogP contribution in [0.2, 0.25) is 0 Å². The molecule has 1 unspecified atom stereocenters. The lowest BCUT2D eigenvalue weighted by atomic mass is 10.1. The van der Waals surface area contributed by atoms with Gasteiger partial charge < -0.3 is 20.3 Å². The van der Waals surface area contributed by atoms with Crippen molar-refractivity contribution in [3.8, 4) is 0 Å². The monoisotopic (exact) mass is 414 g/mol. The van der Waals surface area contributed by atoms with Gasteiger partial charge in [-0.15, -0.1) is 0 Å². The molecule has 5 nitrogen and oxygen atoms in total. The number of nitrogens with zero attached hydrogens (tertiary/aromatic N) is 2. The molecule has 1 fully saturated rings. The molecule has 0 amide bonds. The van der Waals surface area contributed by atoms with E-state index in [1.54, 1.807) is 19.2 Å². The Morgan fingerprint density at radius 3 is 2.38 bits per heavy atom. The van der Waals surface area contributed by atoms with Crippen LogP contribution < -0.4 is 10.6 Å². The maximum absolute atomic E-state index is 12.1. The molecule has 1 aliphatic rings. The number of alkyl halides is 3. The minimum atomic E-state index is -4.29. The first kappa shape index (κ1) is 23.5. The lowest BCUT2D eigenvalue weighted by Gasteiger charge is -2.29. The fraction of sp³-hybridized carbons (Fsp3) is 0.667. The Labute approximate surface area is 171 Å². The first-order chi connectivity index (χ1) is 13.9. The number of guanidine groups is 1. The molecule has 1 heterocycles. The smallest absolute Gasteiger partial charge is 0.367 e. The predicted molar refractivity (Wildman–Crippen MR) is 110 cm³/mol. The average molecular weight is 415 g/mol. The van der Waals surface area contributed by atoms with Crippen LogP contribution >= 0.6 is 0 Å². The van der Waals surface area contributed by atoms with Crippen molar-refractivity contribution in [3.63, 3.8) is 0 Å². The van der Waals surface area contributed by atoms with E-state index in [1.807, 2.05) is 12.1 Å². The van der Waals surface area contributed by atoms with Gasteiger partial charge in [-0.1, -0.05) is 37.6 Å². The van der Waals surface area contributed by atoms with E-state index in [4.69, 9.17) is 0 Å². The van der Waals surface area contributed by atoms with E-state index in [9.17, 15) is 13.2 Å². The number of rotatable bonds is 9. The molecule has 0 aromatic heterocycles. The van der Waals surface area contributed by atoms with Gasteiger partial charge in [0.15, 0.2) is 5.96 Å². The Morgan fingerprint density at radius 1 is 1.10 bits per heavy atom.